The second-order valence-corrected chi connectivity index (χ2v) is 8.37. The van der Waals surface area contributed by atoms with Gasteiger partial charge in [0, 0.05) is 17.0 Å². The molecule has 0 spiro atoms. The normalized spacial score (nSPS) is 12.9. The molecule has 0 saturated carbocycles. The van der Waals surface area contributed by atoms with Crippen molar-refractivity contribution in [1.82, 2.24) is 10.2 Å². The van der Waals surface area contributed by atoms with E-state index in [0.29, 0.717) is 6.54 Å². The van der Waals surface area contributed by atoms with Crippen molar-refractivity contribution in [3.8, 4) is 5.75 Å². The molecule has 2 unspecified atom stereocenters. The first-order valence-electron chi connectivity index (χ1n) is 9.94. The van der Waals surface area contributed by atoms with Gasteiger partial charge in [-0.2, -0.15) is 0 Å². The summed E-state index contributed by atoms with van der Waals surface area (Å²) in [5.41, 5.74) is 2.04. The Kier molecular flexibility index (Phi) is 7.94. The molecule has 0 bridgehead atoms. The predicted octanol–water partition coefficient (Wildman–Crippen LogP) is 4.95. The molecule has 4 nitrogen and oxygen atoms in total. The molecule has 1 amide bonds. The molecule has 0 fully saturated rings. The van der Waals surface area contributed by atoms with Crippen molar-refractivity contribution >= 4 is 17.7 Å². The number of carbonyl (C=O) groups excluding carboxylic acids is 1. The van der Waals surface area contributed by atoms with Crippen molar-refractivity contribution in [1.29, 1.82) is 0 Å². The van der Waals surface area contributed by atoms with Crippen LogP contribution in [-0.2, 0) is 4.79 Å². The summed E-state index contributed by atoms with van der Waals surface area (Å²) in [6.07, 6.45) is 0. The highest BCUT2D eigenvalue weighted by molar-refractivity contribution is 8.00. The standard InChI is InChI=1S/C25H28N2O2S/c1-27(2)22(21-16-10-11-17-23(21)29-3)18-26-25(28)24(19-12-6-4-7-13-19)30-20-14-8-5-9-15-20/h4-17,22,24H,18H2,1-3H3,(H,26,28). The second kappa shape index (κ2) is 10.9. The van der Waals surface area contributed by atoms with Gasteiger partial charge in [0.1, 0.15) is 11.0 Å². The molecule has 156 valence electrons. The Labute approximate surface area is 183 Å². The highest BCUT2D eigenvalue weighted by atomic mass is 32.2. The molecule has 3 rings (SSSR count). The van der Waals surface area contributed by atoms with Gasteiger partial charge in [0.25, 0.3) is 0 Å². The first kappa shape index (κ1) is 21.9. The minimum Gasteiger partial charge on any atom is -0.496 e. The monoisotopic (exact) mass is 420 g/mol. The zero-order chi connectivity index (χ0) is 21.3. The van der Waals surface area contributed by atoms with E-state index in [1.807, 2.05) is 99.0 Å². The van der Waals surface area contributed by atoms with Gasteiger partial charge in [-0.25, -0.2) is 0 Å². The molecular formula is C25H28N2O2S. The Balaban J connectivity index is 1.79. The molecule has 3 aromatic carbocycles. The molecule has 5 heteroatoms. The number of rotatable bonds is 9. The number of ether oxygens (including phenoxy) is 1. The lowest BCUT2D eigenvalue weighted by Crippen LogP contribution is -2.36. The Hall–Kier alpha value is -2.76. The second-order valence-electron chi connectivity index (χ2n) is 7.19. The Morgan fingerprint density at radius 2 is 1.53 bits per heavy atom. The first-order valence-corrected chi connectivity index (χ1v) is 10.8. The number of methoxy groups -OCH3 is 1. The number of nitrogens with zero attached hydrogens (tertiary/aromatic N) is 1. The summed E-state index contributed by atoms with van der Waals surface area (Å²) in [7, 11) is 5.69. The quantitative estimate of drug-likeness (QED) is 0.498. The summed E-state index contributed by atoms with van der Waals surface area (Å²) in [5.74, 6) is 0.820. The van der Waals surface area contributed by atoms with Crippen LogP contribution < -0.4 is 10.1 Å². The van der Waals surface area contributed by atoms with Crippen molar-refractivity contribution in [2.75, 3.05) is 27.7 Å². The Morgan fingerprint density at radius 1 is 0.933 bits per heavy atom. The van der Waals surface area contributed by atoms with Gasteiger partial charge >= 0.3 is 0 Å². The number of benzene rings is 3. The zero-order valence-electron chi connectivity index (χ0n) is 17.6. The lowest BCUT2D eigenvalue weighted by molar-refractivity contribution is -0.120. The average molecular weight is 421 g/mol. The maximum atomic E-state index is 13.3. The van der Waals surface area contributed by atoms with Gasteiger partial charge in [0.2, 0.25) is 5.91 Å². The lowest BCUT2D eigenvalue weighted by atomic mass is 10.0. The number of para-hydroxylation sites is 1. The number of nitrogens with one attached hydrogen (secondary N) is 1. The fraction of sp³-hybridized carbons (Fsp3) is 0.240. The molecule has 0 radical (unpaired) electrons. The number of hydrogen-bond donors (Lipinski definition) is 1. The largest absolute Gasteiger partial charge is 0.496 e. The van der Waals surface area contributed by atoms with Gasteiger partial charge in [-0.3, -0.25) is 4.79 Å². The van der Waals surface area contributed by atoms with Crippen molar-refractivity contribution in [3.63, 3.8) is 0 Å². The van der Waals surface area contributed by atoms with E-state index in [9.17, 15) is 4.79 Å². The zero-order valence-corrected chi connectivity index (χ0v) is 18.4. The fourth-order valence-electron chi connectivity index (χ4n) is 3.34. The van der Waals surface area contributed by atoms with Crippen LogP contribution in [0.3, 0.4) is 0 Å². The van der Waals surface area contributed by atoms with E-state index in [-0.39, 0.29) is 17.2 Å². The van der Waals surface area contributed by atoms with E-state index in [4.69, 9.17) is 4.74 Å². The van der Waals surface area contributed by atoms with Crippen LogP contribution in [0.1, 0.15) is 22.4 Å². The molecule has 0 aliphatic rings. The lowest BCUT2D eigenvalue weighted by Gasteiger charge is -2.27. The van der Waals surface area contributed by atoms with Crippen LogP contribution in [0.15, 0.2) is 89.8 Å². The van der Waals surface area contributed by atoms with E-state index in [1.165, 1.54) is 0 Å². The summed E-state index contributed by atoms with van der Waals surface area (Å²) < 4.78 is 5.54. The minimum atomic E-state index is -0.325. The predicted molar refractivity (Wildman–Crippen MR) is 124 cm³/mol. The maximum absolute atomic E-state index is 13.3. The van der Waals surface area contributed by atoms with E-state index >= 15 is 0 Å². The molecule has 1 N–H and O–H groups in total. The molecule has 30 heavy (non-hydrogen) atoms. The van der Waals surface area contributed by atoms with Crippen molar-refractivity contribution in [2.24, 2.45) is 0 Å². The Bertz CT molecular complexity index is 932. The molecular weight excluding hydrogens is 392 g/mol. The molecule has 2 atom stereocenters. The van der Waals surface area contributed by atoms with Crippen LogP contribution in [0.2, 0.25) is 0 Å². The molecule has 0 saturated heterocycles. The summed E-state index contributed by atoms with van der Waals surface area (Å²) in [6, 6.07) is 27.9. The fourth-order valence-corrected chi connectivity index (χ4v) is 4.41. The number of thioether (sulfide) groups is 1. The molecule has 0 aliphatic carbocycles. The molecule has 0 aliphatic heterocycles. The summed E-state index contributed by atoms with van der Waals surface area (Å²) in [4.78, 5) is 16.4. The van der Waals surface area contributed by atoms with Crippen LogP contribution in [0.25, 0.3) is 0 Å². The van der Waals surface area contributed by atoms with E-state index in [1.54, 1.807) is 18.9 Å². The smallest absolute Gasteiger partial charge is 0.238 e. The van der Waals surface area contributed by atoms with Gasteiger partial charge in [0.15, 0.2) is 0 Å². The van der Waals surface area contributed by atoms with Gasteiger partial charge < -0.3 is 15.0 Å². The first-order chi connectivity index (χ1) is 14.6. The maximum Gasteiger partial charge on any atom is 0.238 e. The topological polar surface area (TPSA) is 41.6 Å². The third-order valence-electron chi connectivity index (χ3n) is 4.93. The van der Waals surface area contributed by atoms with Crippen LogP contribution >= 0.6 is 11.8 Å². The van der Waals surface area contributed by atoms with E-state index in [0.717, 1.165) is 21.8 Å². The van der Waals surface area contributed by atoms with Gasteiger partial charge in [0.05, 0.1) is 13.2 Å². The molecule has 0 heterocycles. The number of amides is 1. The Morgan fingerprint density at radius 3 is 2.17 bits per heavy atom. The third kappa shape index (κ3) is 5.65. The van der Waals surface area contributed by atoms with E-state index in [2.05, 4.69) is 10.2 Å². The summed E-state index contributed by atoms with van der Waals surface area (Å²) in [5, 5.41) is 2.85. The minimum absolute atomic E-state index is 0.00296. The van der Waals surface area contributed by atoms with E-state index < -0.39 is 0 Å². The van der Waals surface area contributed by atoms with Gasteiger partial charge in [-0.1, -0.05) is 66.7 Å². The number of carbonyl (C=O) groups is 1. The summed E-state index contributed by atoms with van der Waals surface area (Å²) in [6.45, 7) is 0.491. The highest BCUT2D eigenvalue weighted by Crippen LogP contribution is 2.35. The van der Waals surface area contributed by atoms with Crippen molar-refractivity contribution in [2.45, 2.75) is 16.2 Å². The van der Waals surface area contributed by atoms with Crippen LogP contribution in [0, 0.1) is 0 Å². The number of hydrogen-bond acceptors (Lipinski definition) is 4. The van der Waals surface area contributed by atoms with Crippen LogP contribution in [0.5, 0.6) is 5.75 Å². The van der Waals surface area contributed by atoms with Crippen molar-refractivity contribution < 1.29 is 9.53 Å². The third-order valence-corrected chi connectivity index (χ3v) is 6.19. The van der Waals surface area contributed by atoms with Crippen LogP contribution in [0.4, 0.5) is 0 Å². The SMILES string of the molecule is COc1ccccc1C(CNC(=O)C(Sc1ccccc1)c1ccccc1)N(C)C. The average Bonchev–Trinajstić information content (AvgIpc) is 2.79. The van der Waals surface area contributed by atoms with Gasteiger partial charge in [-0.15, -0.1) is 11.8 Å². The van der Waals surface area contributed by atoms with Gasteiger partial charge in [-0.05, 0) is 37.9 Å². The molecule has 0 aromatic heterocycles. The van der Waals surface area contributed by atoms with Crippen molar-refractivity contribution in [3.05, 3.63) is 96.1 Å². The summed E-state index contributed by atoms with van der Waals surface area (Å²) >= 11 is 1.56. The molecule has 3 aromatic rings. The highest BCUT2D eigenvalue weighted by Gasteiger charge is 2.24. The number of likely N-dealkylation sites (N-methyl/N-ethyl adjacent to an activating group) is 1. The van der Waals surface area contributed by atoms with Crippen LogP contribution in [-0.4, -0.2) is 38.6 Å².